The molecule has 0 spiro atoms. The van der Waals surface area contributed by atoms with Crippen molar-refractivity contribution in [3.8, 4) is 10.8 Å². The maximum atomic E-state index is 12.1. The Morgan fingerprint density at radius 3 is 2.55 bits per heavy atom. The summed E-state index contributed by atoms with van der Waals surface area (Å²) in [6.45, 7) is 3.84. The van der Waals surface area contributed by atoms with E-state index in [0.717, 1.165) is 58.1 Å². The zero-order valence-electron chi connectivity index (χ0n) is 17.2. The first kappa shape index (κ1) is 20.9. The molecule has 3 N–H and O–H groups in total. The molecular formula is C23H22N2O5S. The number of rotatable bonds is 5. The number of hydrogen-bond donors (Lipinski definition) is 3. The van der Waals surface area contributed by atoms with Crippen LogP contribution in [-0.2, 0) is 12.8 Å². The van der Waals surface area contributed by atoms with Crippen molar-refractivity contribution in [2.75, 3.05) is 0 Å². The number of carbonyl (C=O) groups is 2. The maximum Gasteiger partial charge on any atom is 0.339 e. The number of aromatic nitrogens is 1. The lowest BCUT2D eigenvalue weighted by molar-refractivity contribution is 0.0683. The van der Waals surface area contributed by atoms with Gasteiger partial charge in [0.25, 0.3) is 0 Å². The Bertz CT molecular complexity index is 1240. The van der Waals surface area contributed by atoms with Gasteiger partial charge in [-0.25, -0.2) is 9.59 Å². The van der Waals surface area contributed by atoms with E-state index >= 15 is 0 Å². The van der Waals surface area contributed by atoms with Gasteiger partial charge < -0.3 is 19.9 Å². The van der Waals surface area contributed by atoms with Crippen LogP contribution in [-0.4, -0.2) is 38.0 Å². The molecule has 0 amide bonds. The predicted molar refractivity (Wildman–Crippen MR) is 119 cm³/mol. The van der Waals surface area contributed by atoms with Crippen molar-refractivity contribution < 1.29 is 24.9 Å². The first-order valence-electron chi connectivity index (χ1n) is 9.95. The first-order chi connectivity index (χ1) is 14.8. The third-order valence-electron chi connectivity index (χ3n) is 5.60. The van der Waals surface area contributed by atoms with Gasteiger partial charge in [-0.05, 0) is 69.4 Å². The highest BCUT2D eigenvalue weighted by molar-refractivity contribution is 7.15. The lowest BCUT2D eigenvalue weighted by atomic mass is 9.95. The molecule has 0 saturated heterocycles. The summed E-state index contributed by atoms with van der Waals surface area (Å²) in [6, 6.07) is 6.08. The van der Waals surface area contributed by atoms with Crippen molar-refractivity contribution in [1.82, 2.24) is 4.57 Å². The van der Waals surface area contributed by atoms with E-state index in [4.69, 9.17) is 5.11 Å². The van der Waals surface area contributed by atoms with E-state index < -0.39 is 11.9 Å². The van der Waals surface area contributed by atoms with E-state index in [2.05, 4.69) is 4.99 Å². The van der Waals surface area contributed by atoms with Crippen molar-refractivity contribution >= 4 is 35.2 Å². The Kier molecular flexibility index (Phi) is 5.41. The minimum atomic E-state index is -1.23. The van der Waals surface area contributed by atoms with Crippen molar-refractivity contribution in [3.63, 3.8) is 0 Å². The Labute approximate surface area is 182 Å². The molecule has 0 bridgehead atoms. The van der Waals surface area contributed by atoms with Crippen LogP contribution in [0.25, 0.3) is 5.00 Å². The van der Waals surface area contributed by atoms with Gasteiger partial charge in [-0.15, -0.1) is 11.3 Å². The normalized spacial score (nSPS) is 13.5. The van der Waals surface area contributed by atoms with E-state index in [9.17, 15) is 19.8 Å². The lowest BCUT2D eigenvalue weighted by Crippen LogP contribution is -2.09. The zero-order valence-corrected chi connectivity index (χ0v) is 18.0. The van der Waals surface area contributed by atoms with E-state index in [1.54, 1.807) is 17.6 Å². The van der Waals surface area contributed by atoms with Crippen molar-refractivity contribution in [2.45, 2.75) is 39.5 Å². The number of aliphatic imine (C=N–C) groups is 1. The highest BCUT2D eigenvalue weighted by Gasteiger charge is 2.27. The van der Waals surface area contributed by atoms with E-state index in [1.807, 2.05) is 24.5 Å². The smallest absolute Gasteiger partial charge is 0.339 e. The van der Waals surface area contributed by atoms with Gasteiger partial charge in [0.15, 0.2) is 0 Å². The zero-order chi connectivity index (χ0) is 22.3. The molecule has 4 rings (SSSR count). The fourth-order valence-corrected chi connectivity index (χ4v) is 5.57. The van der Waals surface area contributed by atoms with Crippen LogP contribution < -0.4 is 0 Å². The van der Waals surface area contributed by atoms with Crippen LogP contribution in [0.5, 0.6) is 5.75 Å². The molecule has 31 heavy (non-hydrogen) atoms. The molecule has 0 saturated carbocycles. The van der Waals surface area contributed by atoms with Gasteiger partial charge in [0.1, 0.15) is 16.3 Å². The summed E-state index contributed by atoms with van der Waals surface area (Å²) in [5.41, 5.74) is 4.12. The van der Waals surface area contributed by atoms with Gasteiger partial charge >= 0.3 is 11.9 Å². The largest absolute Gasteiger partial charge is 0.507 e. The second kappa shape index (κ2) is 8.03. The van der Waals surface area contributed by atoms with Crippen LogP contribution in [0.2, 0.25) is 0 Å². The second-order valence-electron chi connectivity index (χ2n) is 7.62. The summed E-state index contributed by atoms with van der Waals surface area (Å²) in [5, 5.41) is 29.5. The number of aryl methyl sites for hydroxylation is 2. The number of thiophene rings is 1. The minimum absolute atomic E-state index is 0.213. The average Bonchev–Trinajstić information content (AvgIpc) is 3.23. The van der Waals surface area contributed by atoms with Gasteiger partial charge in [0, 0.05) is 28.0 Å². The molecule has 160 valence electrons. The fourth-order valence-electron chi connectivity index (χ4n) is 4.08. The number of benzene rings is 1. The number of nitrogens with zero attached hydrogens (tertiary/aromatic N) is 2. The van der Waals surface area contributed by atoms with Crippen molar-refractivity contribution in [2.24, 2.45) is 4.99 Å². The summed E-state index contributed by atoms with van der Waals surface area (Å²) >= 11 is 1.55. The molecule has 0 aliphatic heterocycles. The average molecular weight is 439 g/mol. The van der Waals surface area contributed by atoms with Crippen LogP contribution in [0.1, 0.15) is 60.9 Å². The Balaban J connectivity index is 1.75. The quantitative estimate of drug-likeness (QED) is 0.491. The lowest BCUT2D eigenvalue weighted by Gasteiger charge is -2.11. The standard InChI is InChI=1S/C23H22N2O5S/c1-12-9-14(11-24-15-7-8-18(26)17(10-15)22(27)28)13(2)25(12)21-20(23(29)30)16-5-3-4-6-19(16)31-21/h7-11,26H,3-6H2,1-2H3,(H,27,28)(H,29,30). The monoisotopic (exact) mass is 438 g/mol. The minimum Gasteiger partial charge on any atom is -0.507 e. The number of aromatic carboxylic acids is 2. The van der Waals surface area contributed by atoms with E-state index in [-0.39, 0.29) is 11.3 Å². The molecule has 8 heteroatoms. The SMILES string of the molecule is Cc1cc(C=Nc2ccc(O)c(C(=O)O)c2)c(C)n1-c1sc2c(c1C(=O)O)CCCC2. The topological polar surface area (TPSA) is 112 Å². The molecule has 0 atom stereocenters. The molecule has 3 aromatic rings. The molecular weight excluding hydrogens is 416 g/mol. The Hall–Kier alpha value is -3.39. The number of carboxylic acid groups (broad SMARTS) is 2. The number of fused-ring (bicyclic) bond motifs is 1. The molecule has 7 nitrogen and oxygen atoms in total. The third-order valence-corrected chi connectivity index (χ3v) is 6.88. The Morgan fingerprint density at radius 1 is 1.10 bits per heavy atom. The van der Waals surface area contributed by atoms with Gasteiger partial charge in [0.05, 0.1) is 11.3 Å². The molecule has 0 fully saturated rings. The van der Waals surface area contributed by atoms with Crippen LogP contribution in [0.3, 0.4) is 0 Å². The second-order valence-corrected chi connectivity index (χ2v) is 8.71. The van der Waals surface area contributed by atoms with E-state index in [0.29, 0.717) is 11.3 Å². The van der Waals surface area contributed by atoms with Gasteiger partial charge in [-0.3, -0.25) is 4.99 Å². The molecule has 1 aromatic carbocycles. The van der Waals surface area contributed by atoms with Crippen LogP contribution in [0.15, 0.2) is 29.3 Å². The first-order valence-corrected chi connectivity index (χ1v) is 10.8. The summed E-state index contributed by atoms with van der Waals surface area (Å²) < 4.78 is 1.97. The van der Waals surface area contributed by atoms with Crippen molar-refractivity contribution in [3.05, 3.63) is 62.8 Å². The maximum absolute atomic E-state index is 12.1. The van der Waals surface area contributed by atoms with Crippen LogP contribution in [0, 0.1) is 13.8 Å². The highest BCUT2D eigenvalue weighted by Crippen LogP contribution is 2.38. The number of phenols is 1. The summed E-state index contributed by atoms with van der Waals surface area (Å²) in [5.74, 6) is -2.44. The van der Waals surface area contributed by atoms with Gasteiger partial charge in [-0.2, -0.15) is 0 Å². The fraction of sp³-hybridized carbons (Fsp3) is 0.261. The molecule has 2 heterocycles. The molecule has 0 unspecified atom stereocenters. The number of hydrogen-bond acceptors (Lipinski definition) is 5. The molecule has 1 aliphatic carbocycles. The van der Waals surface area contributed by atoms with Gasteiger partial charge in [-0.1, -0.05) is 0 Å². The molecule has 0 radical (unpaired) electrons. The number of aromatic hydroxyl groups is 1. The summed E-state index contributed by atoms with van der Waals surface area (Å²) in [7, 11) is 0. The third kappa shape index (κ3) is 3.74. The van der Waals surface area contributed by atoms with Crippen LogP contribution in [0.4, 0.5) is 5.69 Å². The predicted octanol–water partition coefficient (Wildman–Crippen LogP) is 4.89. The van der Waals surface area contributed by atoms with E-state index in [1.165, 1.54) is 18.2 Å². The summed E-state index contributed by atoms with van der Waals surface area (Å²) in [4.78, 5) is 28.8. The van der Waals surface area contributed by atoms with Gasteiger partial charge in [0.2, 0.25) is 0 Å². The Morgan fingerprint density at radius 2 is 1.84 bits per heavy atom. The van der Waals surface area contributed by atoms with Crippen LogP contribution >= 0.6 is 11.3 Å². The molecule has 2 aromatic heterocycles. The summed E-state index contributed by atoms with van der Waals surface area (Å²) in [6.07, 6.45) is 5.44. The van der Waals surface area contributed by atoms with Crippen molar-refractivity contribution in [1.29, 1.82) is 0 Å². The number of carboxylic acids is 2. The molecule has 1 aliphatic rings. The highest BCUT2D eigenvalue weighted by atomic mass is 32.1.